The van der Waals surface area contributed by atoms with Crippen LogP contribution < -0.4 is 9.47 Å². The van der Waals surface area contributed by atoms with Crippen LogP contribution in [-0.4, -0.2) is 41.0 Å². The van der Waals surface area contributed by atoms with Gasteiger partial charge in [-0.2, -0.15) is 0 Å². The Hall–Kier alpha value is -2.54. The zero-order chi connectivity index (χ0) is 22.1. The number of rotatable bonds is 8. The number of amides is 2. The number of ether oxygens (including phenoxy) is 2. The molecular formula is C25H30N2O4S. The second kappa shape index (κ2) is 9.14. The predicted molar refractivity (Wildman–Crippen MR) is 123 cm³/mol. The van der Waals surface area contributed by atoms with E-state index in [1.54, 1.807) is 11.3 Å². The highest BCUT2D eigenvalue weighted by atomic mass is 32.1. The summed E-state index contributed by atoms with van der Waals surface area (Å²) in [5.74, 6) is 1.76. The summed E-state index contributed by atoms with van der Waals surface area (Å²) in [5.41, 5.74) is 2.19. The minimum absolute atomic E-state index is 0.00807. The summed E-state index contributed by atoms with van der Waals surface area (Å²) in [6, 6.07) is 8.16. The summed E-state index contributed by atoms with van der Waals surface area (Å²) < 4.78 is 10.9. The van der Waals surface area contributed by atoms with Gasteiger partial charge in [0.25, 0.3) is 0 Å². The fraction of sp³-hybridized carbons (Fsp3) is 0.520. The highest BCUT2D eigenvalue weighted by Crippen LogP contribution is 2.34. The topological polar surface area (TPSA) is 59.1 Å². The van der Waals surface area contributed by atoms with Crippen molar-refractivity contribution in [1.82, 2.24) is 9.80 Å². The maximum absolute atomic E-state index is 13.6. The van der Waals surface area contributed by atoms with Gasteiger partial charge in [-0.05, 0) is 67.3 Å². The Morgan fingerprint density at radius 2 is 1.81 bits per heavy atom. The van der Waals surface area contributed by atoms with Crippen LogP contribution in [0, 0.1) is 12.8 Å². The lowest BCUT2D eigenvalue weighted by atomic mass is 10.1. The van der Waals surface area contributed by atoms with Gasteiger partial charge >= 0.3 is 0 Å². The molecule has 0 unspecified atom stereocenters. The quantitative estimate of drug-likeness (QED) is 0.590. The number of carbonyl (C=O) groups is 2. The first-order chi connectivity index (χ1) is 15.6. The van der Waals surface area contributed by atoms with Gasteiger partial charge in [-0.15, -0.1) is 11.3 Å². The Morgan fingerprint density at radius 3 is 2.53 bits per heavy atom. The number of benzene rings is 1. The smallest absolute Gasteiger partial charge is 0.242 e. The number of fused-ring (bicyclic) bond motifs is 1. The molecule has 32 heavy (non-hydrogen) atoms. The van der Waals surface area contributed by atoms with Gasteiger partial charge in [0.15, 0.2) is 11.5 Å². The molecule has 0 bridgehead atoms. The van der Waals surface area contributed by atoms with Crippen LogP contribution in [0.4, 0.5) is 0 Å². The SMILES string of the molecule is Cc1ccsc1CN(Cc1ccc2c(c1)OCO2)C(=O)CN(C(=O)C1CCCC1)C1CC1. The monoisotopic (exact) mass is 454 g/mol. The summed E-state index contributed by atoms with van der Waals surface area (Å²) in [4.78, 5) is 31.7. The number of aryl methyl sites for hydroxylation is 1. The fourth-order valence-corrected chi connectivity index (χ4v) is 5.58. The third-order valence-corrected chi connectivity index (χ3v) is 7.75. The molecule has 3 aliphatic rings. The van der Waals surface area contributed by atoms with Crippen molar-refractivity contribution < 1.29 is 19.1 Å². The van der Waals surface area contributed by atoms with E-state index in [0.29, 0.717) is 13.1 Å². The van der Waals surface area contributed by atoms with Gasteiger partial charge in [-0.3, -0.25) is 9.59 Å². The Kier molecular flexibility index (Phi) is 6.09. The van der Waals surface area contributed by atoms with Crippen molar-refractivity contribution in [3.05, 3.63) is 45.6 Å². The van der Waals surface area contributed by atoms with Crippen LogP contribution in [0.15, 0.2) is 29.6 Å². The molecule has 1 aromatic heterocycles. The zero-order valence-corrected chi connectivity index (χ0v) is 19.4. The summed E-state index contributed by atoms with van der Waals surface area (Å²) in [6.07, 6.45) is 6.19. The fourth-order valence-electron chi connectivity index (χ4n) is 4.66. The number of nitrogens with zero attached hydrogens (tertiary/aromatic N) is 2. The molecule has 0 saturated heterocycles. The van der Waals surface area contributed by atoms with Crippen LogP contribution in [-0.2, 0) is 22.7 Å². The summed E-state index contributed by atoms with van der Waals surface area (Å²) in [5, 5.41) is 2.06. The van der Waals surface area contributed by atoms with Crippen molar-refractivity contribution in [2.45, 2.75) is 64.6 Å². The van der Waals surface area contributed by atoms with E-state index < -0.39 is 0 Å². The molecule has 2 aromatic rings. The molecule has 0 N–H and O–H groups in total. The Balaban J connectivity index is 1.34. The van der Waals surface area contributed by atoms with E-state index in [2.05, 4.69) is 18.4 Å². The van der Waals surface area contributed by atoms with Crippen molar-refractivity contribution in [3.8, 4) is 11.5 Å². The number of hydrogen-bond acceptors (Lipinski definition) is 5. The van der Waals surface area contributed by atoms with E-state index in [9.17, 15) is 9.59 Å². The molecule has 2 amide bonds. The standard InChI is InChI=1S/C25H30N2O4S/c1-17-10-11-32-23(17)14-26(13-18-6-9-21-22(12-18)31-16-30-21)24(28)15-27(20-7-8-20)25(29)19-4-2-3-5-19/h6,9-12,19-20H,2-5,7-8,13-16H2,1H3. The van der Waals surface area contributed by atoms with Crippen LogP contribution in [0.2, 0.25) is 0 Å². The van der Waals surface area contributed by atoms with Crippen molar-refractivity contribution >= 4 is 23.2 Å². The van der Waals surface area contributed by atoms with Gasteiger partial charge in [0, 0.05) is 23.4 Å². The number of thiophene rings is 1. The second-order valence-corrected chi connectivity index (χ2v) is 10.1. The maximum Gasteiger partial charge on any atom is 0.242 e. The number of hydrogen-bond donors (Lipinski definition) is 0. The van der Waals surface area contributed by atoms with Crippen molar-refractivity contribution in [3.63, 3.8) is 0 Å². The normalized spacial score (nSPS) is 17.5. The van der Waals surface area contributed by atoms with Gasteiger partial charge in [0.05, 0.1) is 6.54 Å². The van der Waals surface area contributed by atoms with Crippen LogP contribution in [0.25, 0.3) is 0 Å². The van der Waals surface area contributed by atoms with Gasteiger partial charge in [0.2, 0.25) is 18.6 Å². The molecule has 0 radical (unpaired) electrons. The summed E-state index contributed by atoms with van der Waals surface area (Å²) in [7, 11) is 0. The molecule has 2 fully saturated rings. The van der Waals surface area contributed by atoms with Crippen LogP contribution in [0.5, 0.6) is 11.5 Å². The van der Waals surface area contributed by atoms with Crippen LogP contribution in [0.1, 0.15) is 54.5 Å². The first-order valence-electron chi connectivity index (χ1n) is 11.6. The maximum atomic E-state index is 13.6. The molecule has 0 atom stereocenters. The molecule has 2 aliphatic carbocycles. The highest BCUT2D eigenvalue weighted by molar-refractivity contribution is 7.10. The molecule has 1 aromatic carbocycles. The zero-order valence-electron chi connectivity index (χ0n) is 18.5. The van der Waals surface area contributed by atoms with Crippen LogP contribution in [0.3, 0.4) is 0 Å². The lowest BCUT2D eigenvalue weighted by Crippen LogP contribution is -2.45. The second-order valence-electron chi connectivity index (χ2n) is 9.14. The molecule has 2 saturated carbocycles. The Morgan fingerprint density at radius 1 is 1.03 bits per heavy atom. The van der Waals surface area contributed by atoms with E-state index in [1.165, 1.54) is 10.4 Å². The third-order valence-electron chi connectivity index (χ3n) is 6.75. The van der Waals surface area contributed by atoms with E-state index >= 15 is 0 Å². The summed E-state index contributed by atoms with van der Waals surface area (Å²) >= 11 is 1.67. The minimum Gasteiger partial charge on any atom is -0.454 e. The number of carbonyl (C=O) groups excluding carboxylic acids is 2. The lowest BCUT2D eigenvalue weighted by molar-refractivity contribution is -0.144. The van der Waals surface area contributed by atoms with E-state index in [0.717, 1.165) is 55.6 Å². The van der Waals surface area contributed by atoms with E-state index in [4.69, 9.17) is 9.47 Å². The largest absolute Gasteiger partial charge is 0.454 e. The molecule has 0 spiro atoms. The Bertz CT molecular complexity index is 994. The van der Waals surface area contributed by atoms with Crippen molar-refractivity contribution in [2.24, 2.45) is 5.92 Å². The predicted octanol–water partition coefficient (Wildman–Crippen LogP) is 4.50. The van der Waals surface area contributed by atoms with Crippen molar-refractivity contribution in [2.75, 3.05) is 13.3 Å². The third kappa shape index (κ3) is 4.63. The lowest BCUT2D eigenvalue weighted by Gasteiger charge is -2.29. The van der Waals surface area contributed by atoms with Gasteiger partial charge in [0.1, 0.15) is 6.54 Å². The average molecular weight is 455 g/mol. The molecule has 1 aliphatic heterocycles. The van der Waals surface area contributed by atoms with Crippen molar-refractivity contribution in [1.29, 1.82) is 0 Å². The molecule has 170 valence electrons. The van der Waals surface area contributed by atoms with Gasteiger partial charge in [-0.25, -0.2) is 0 Å². The molecule has 7 heteroatoms. The van der Waals surface area contributed by atoms with Gasteiger partial charge < -0.3 is 19.3 Å². The highest BCUT2D eigenvalue weighted by Gasteiger charge is 2.38. The van der Waals surface area contributed by atoms with E-state index in [1.807, 2.05) is 28.0 Å². The molecule has 6 nitrogen and oxygen atoms in total. The first-order valence-corrected chi connectivity index (χ1v) is 12.5. The average Bonchev–Trinajstić information content (AvgIpc) is 3.17. The van der Waals surface area contributed by atoms with E-state index in [-0.39, 0.29) is 37.1 Å². The van der Waals surface area contributed by atoms with Gasteiger partial charge in [-0.1, -0.05) is 18.9 Å². The Labute approximate surface area is 193 Å². The minimum atomic E-state index is 0.00807. The molecule has 5 rings (SSSR count). The first kappa shape index (κ1) is 21.3. The van der Waals surface area contributed by atoms with Crippen LogP contribution >= 0.6 is 11.3 Å². The molecular weight excluding hydrogens is 424 g/mol. The summed E-state index contributed by atoms with van der Waals surface area (Å²) in [6.45, 7) is 3.51. The molecule has 2 heterocycles.